The van der Waals surface area contributed by atoms with Crippen LogP contribution in [0.15, 0.2) is 36.5 Å². The predicted octanol–water partition coefficient (Wildman–Crippen LogP) is 3.80. The topological polar surface area (TPSA) is 22.1 Å². The first-order valence-corrected chi connectivity index (χ1v) is 5.93. The molecule has 16 heavy (non-hydrogen) atoms. The highest BCUT2D eigenvalue weighted by molar-refractivity contribution is 5.79. The Morgan fingerprint density at radius 1 is 1.19 bits per heavy atom. The Hall–Kier alpha value is -1.57. The van der Waals surface area contributed by atoms with Crippen LogP contribution in [0, 0.1) is 0 Å². The number of pyridine rings is 1. The highest BCUT2D eigenvalue weighted by Gasteiger charge is 2.23. The second-order valence-electron chi connectivity index (χ2n) is 3.68. The molecule has 1 aliphatic rings. The van der Waals surface area contributed by atoms with E-state index < -0.39 is 0 Å². The van der Waals surface area contributed by atoms with Crippen LogP contribution in [0.25, 0.3) is 10.9 Å². The summed E-state index contributed by atoms with van der Waals surface area (Å²) in [6.45, 7) is 4.00. The quantitative estimate of drug-likeness (QED) is 0.760. The normalized spacial score (nSPS) is 14.1. The zero-order chi connectivity index (χ0) is 11.4. The van der Waals surface area contributed by atoms with E-state index in [1.54, 1.807) is 0 Å². The maximum atomic E-state index is 5.71. The number of ether oxygens (including phenoxy) is 1. The summed E-state index contributed by atoms with van der Waals surface area (Å²) in [4.78, 5) is 4.26. The van der Waals surface area contributed by atoms with E-state index in [-0.39, 0.29) is 0 Å². The van der Waals surface area contributed by atoms with Crippen molar-refractivity contribution in [3.63, 3.8) is 0 Å². The van der Waals surface area contributed by atoms with E-state index in [9.17, 15) is 0 Å². The van der Waals surface area contributed by atoms with Crippen molar-refractivity contribution in [2.24, 2.45) is 0 Å². The molecule has 0 radical (unpaired) electrons. The van der Waals surface area contributed by atoms with Gasteiger partial charge in [0.2, 0.25) is 0 Å². The SMILES string of the molecule is CC.c1cnc2ccc(OC3CC3)cc2c1. The molecule has 1 aliphatic carbocycles. The minimum Gasteiger partial charge on any atom is -0.490 e. The molecule has 0 aliphatic heterocycles. The van der Waals surface area contributed by atoms with Gasteiger partial charge in [0, 0.05) is 11.6 Å². The standard InChI is InChI=1S/C12H11NO.C2H6/c1-2-9-8-11(14-10-3-4-10)5-6-12(9)13-7-1;1-2/h1-2,5-8,10H,3-4H2;1-2H3. The lowest BCUT2D eigenvalue weighted by Gasteiger charge is -2.04. The number of nitrogens with zero attached hydrogens (tertiary/aromatic N) is 1. The van der Waals surface area contributed by atoms with E-state index in [2.05, 4.69) is 17.1 Å². The van der Waals surface area contributed by atoms with E-state index in [1.165, 1.54) is 12.8 Å². The largest absolute Gasteiger partial charge is 0.490 e. The smallest absolute Gasteiger partial charge is 0.120 e. The van der Waals surface area contributed by atoms with Gasteiger partial charge in [0.25, 0.3) is 0 Å². The second kappa shape index (κ2) is 4.97. The van der Waals surface area contributed by atoms with Gasteiger partial charge >= 0.3 is 0 Å². The Bertz CT molecular complexity index is 463. The van der Waals surface area contributed by atoms with Crippen LogP contribution in [0.4, 0.5) is 0 Å². The van der Waals surface area contributed by atoms with Gasteiger partial charge in [0.05, 0.1) is 11.6 Å². The average Bonchev–Trinajstić information content (AvgIpc) is 3.16. The summed E-state index contributed by atoms with van der Waals surface area (Å²) in [6.07, 6.45) is 4.67. The summed E-state index contributed by atoms with van der Waals surface area (Å²) in [7, 11) is 0. The molecule has 2 heteroatoms. The van der Waals surface area contributed by atoms with E-state index in [0.717, 1.165) is 16.7 Å². The molecule has 1 aromatic carbocycles. The fourth-order valence-corrected chi connectivity index (χ4v) is 1.51. The molecular weight excluding hydrogens is 198 g/mol. The summed E-state index contributed by atoms with van der Waals surface area (Å²) < 4.78 is 5.71. The van der Waals surface area contributed by atoms with Crippen LogP contribution in [0.5, 0.6) is 5.75 Å². The molecule has 0 unspecified atom stereocenters. The maximum absolute atomic E-state index is 5.71. The lowest BCUT2D eigenvalue weighted by molar-refractivity contribution is 0.303. The molecule has 1 saturated carbocycles. The van der Waals surface area contributed by atoms with Crippen molar-refractivity contribution >= 4 is 10.9 Å². The van der Waals surface area contributed by atoms with Gasteiger partial charge in [-0.2, -0.15) is 0 Å². The third-order valence-corrected chi connectivity index (χ3v) is 2.40. The fourth-order valence-electron chi connectivity index (χ4n) is 1.51. The minimum atomic E-state index is 0.462. The summed E-state index contributed by atoms with van der Waals surface area (Å²) >= 11 is 0. The van der Waals surface area contributed by atoms with Gasteiger partial charge in [-0.25, -0.2) is 0 Å². The molecule has 0 spiro atoms. The van der Waals surface area contributed by atoms with Crippen molar-refractivity contribution in [1.82, 2.24) is 4.98 Å². The summed E-state index contributed by atoms with van der Waals surface area (Å²) in [6, 6.07) is 10.1. The van der Waals surface area contributed by atoms with Crippen molar-refractivity contribution < 1.29 is 4.74 Å². The Kier molecular flexibility index (Phi) is 3.40. The molecule has 1 fully saturated rings. The predicted molar refractivity (Wildman–Crippen MR) is 66.7 cm³/mol. The molecule has 2 aromatic rings. The van der Waals surface area contributed by atoms with Crippen LogP contribution in [-0.2, 0) is 0 Å². The number of benzene rings is 1. The van der Waals surface area contributed by atoms with Gasteiger partial charge in [0.1, 0.15) is 5.75 Å². The molecule has 0 bridgehead atoms. The molecule has 1 heterocycles. The molecule has 2 nitrogen and oxygen atoms in total. The summed E-state index contributed by atoms with van der Waals surface area (Å²) in [5, 5.41) is 1.14. The molecule has 84 valence electrons. The van der Waals surface area contributed by atoms with Crippen LogP contribution >= 0.6 is 0 Å². The first-order chi connectivity index (χ1) is 7.92. The average molecular weight is 215 g/mol. The van der Waals surface area contributed by atoms with Gasteiger partial charge in [-0.1, -0.05) is 19.9 Å². The van der Waals surface area contributed by atoms with Crippen LogP contribution < -0.4 is 4.74 Å². The van der Waals surface area contributed by atoms with E-state index >= 15 is 0 Å². The molecular formula is C14H17NO. The fraction of sp³-hybridized carbons (Fsp3) is 0.357. The van der Waals surface area contributed by atoms with Crippen molar-refractivity contribution in [3.8, 4) is 5.75 Å². The molecule has 1 aromatic heterocycles. The van der Waals surface area contributed by atoms with Crippen LogP contribution in [0.2, 0.25) is 0 Å². The molecule has 3 rings (SSSR count). The van der Waals surface area contributed by atoms with Crippen molar-refractivity contribution in [1.29, 1.82) is 0 Å². The Labute approximate surface area is 96.3 Å². The van der Waals surface area contributed by atoms with Crippen molar-refractivity contribution in [3.05, 3.63) is 36.5 Å². The van der Waals surface area contributed by atoms with Crippen molar-refractivity contribution in [2.45, 2.75) is 32.8 Å². The number of hydrogen-bond acceptors (Lipinski definition) is 2. The van der Waals surface area contributed by atoms with Crippen LogP contribution in [0.3, 0.4) is 0 Å². The van der Waals surface area contributed by atoms with E-state index in [1.807, 2.05) is 38.2 Å². The minimum absolute atomic E-state index is 0.462. The zero-order valence-electron chi connectivity index (χ0n) is 9.81. The van der Waals surface area contributed by atoms with Gasteiger partial charge in [-0.05, 0) is 37.1 Å². The van der Waals surface area contributed by atoms with E-state index in [0.29, 0.717) is 6.10 Å². The van der Waals surface area contributed by atoms with Gasteiger partial charge in [-0.3, -0.25) is 4.98 Å². The molecule has 0 saturated heterocycles. The lowest BCUT2D eigenvalue weighted by Crippen LogP contribution is -1.95. The van der Waals surface area contributed by atoms with Crippen LogP contribution in [-0.4, -0.2) is 11.1 Å². The van der Waals surface area contributed by atoms with Gasteiger partial charge in [-0.15, -0.1) is 0 Å². The molecule has 0 amide bonds. The number of fused-ring (bicyclic) bond motifs is 1. The van der Waals surface area contributed by atoms with E-state index in [4.69, 9.17) is 4.74 Å². The highest BCUT2D eigenvalue weighted by Crippen LogP contribution is 2.28. The lowest BCUT2D eigenvalue weighted by atomic mass is 10.2. The number of rotatable bonds is 2. The Balaban J connectivity index is 0.000000457. The Morgan fingerprint density at radius 3 is 2.75 bits per heavy atom. The van der Waals surface area contributed by atoms with Gasteiger partial charge in [0.15, 0.2) is 0 Å². The highest BCUT2D eigenvalue weighted by atomic mass is 16.5. The van der Waals surface area contributed by atoms with Crippen molar-refractivity contribution in [2.75, 3.05) is 0 Å². The third kappa shape index (κ3) is 2.51. The zero-order valence-corrected chi connectivity index (χ0v) is 9.81. The summed E-state index contributed by atoms with van der Waals surface area (Å²) in [5.41, 5.74) is 1.02. The Morgan fingerprint density at radius 2 is 2.00 bits per heavy atom. The third-order valence-electron chi connectivity index (χ3n) is 2.40. The first kappa shape index (κ1) is 10.9. The summed E-state index contributed by atoms with van der Waals surface area (Å²) in [5.74, 6) is 0.966. The number of hydrogen-bond donors (Lipinski definition) is 0. The van der Waals surface area contributed by atoms with Gasteiger partial charge < -0.3 is 4.74 Å². The molecule has 0 atom stereocenters. The maximum Gasteiger partial charge on any atom is 0.120 e. The molecule has 0 N–H and O–H groups in total. The first-order valence-electron chi connectivity index (χ1n) is 5.93. The number of aromatic nitrogens is 1. The van der Waals surface area contributed by atoms with Crippen LogP contribution in [0.1, 0.15) is 26.7 Å². The monoisotopic (exact) mass is 215 g/mol. The second-order valence-corrected chi connectivity index (χ2v) is 3.68.